The molecule has 0 bridgehead atoms. The van der Waals surface area contributed by atoms with Crippen LogP contribution in [0.1, 0.15) is 49.7 Å². The summed E-state index contributed by atoms with van der Waals surface area (Å²) in [6.45, 7) is 2.77. The molecule has 7 heteroatoms. The van der Waals surface area contributed by atoms with Crippen molar-refractivity contribution in [2.75, 3.05) is 32.7 Å². The van der Waals surface area contributed by atoms with Crippen molar-refractivity contribution < 1.29 is 18.1 Å². The summed E-state index contributed by atoms with van der Waals surface area (Å²) in [6.07, 6.45) is 9.02. The molecule has 0 atom stereocenters. The van der Waals surface area contributed by atoms with Gasteiger partial charge in [0.1, 0.15) is 0 Å². The summed E-state index contributed by atoms with van der Waals surface area (Å²) in [5.41, 5.74) is 2.47. The van der Waals surface area contributed by atoms with Crippen molar-refractivity contribution in [3.05, 3.63) is 29.3 Å². The van der Waals surface area contributed by atoms with E-state index in [0.717, 1.165) is 32.1 Å². The molecule has 1 saturated carbocycles. The van der Waals surface area contributed by atoms with Crippen molar-refractivity contribution in [1.82, 2.24) is 9.62 Å². The molecule has 28 heavy (non-hydrogen) atoms. The van der Waals surface area contributed by atoms with E-state index in [1.807, 2.05) is 12.1 Å². The number of carbonyl (C=O) groups excluding carboxylic acids is 1. The van der Waals surface area contributed by atoms with Gasteiger partial charge in [-0.05, 0) is 55.4 Å². The maximum absolute atomic E-state index is 13.0. The fourth-order valence-corrected chi connectivity index (χ4v) is 6.32. The summed E-state index contributed by atoms with van der Waals surface area (Å²) in [5.74, 6) is 0.108. The lowest BCUT2D eigenvalue weighted by Crippen LogP contribution is -3.15. The highest BCUT2D eigenvalue weighted by Gasteiger charge is 2.32. The molecule has 1 aromatic rings. The lowest BCUT2D eigenvalue weighted by molar-refractivity contribution is -0.895. The quantitative estimate of drug-likeness (QED) is 0.749. The van der Waals surface area contributed by atoms with Crippen LogP contribution in [0.4, 0.5) is 0 Å². The van der Waals surface area contributed by atoms with E-state index in [1.54, 1.807) is 10.4 Å². The number of amides is 1. The highest BCUT2D eigenvalue weighted by atomic mass is 32.2. The number of nitrogens with one attached hydrogen (secondary N) is 2. The minimum atomic E-state index is -3.44. The third-order valence-electron chi connectivity index (χ3n) is 6.52. The molecule has 0 unspecified atom stereocenters. The minimum Gasteiger partial charge on any atom is -0.348 e. The molecule has 1 heterocycles. The predicted molar refractivity (Wildman–Crippen MR) is 108 cm³/mol. The smallest absolute Gasteiger partial charge is 0.275 e. The second-order valence-electron chi connectivity index (χ2n) is 8.52. The largest absolute Gasteiger partial charge is 0.348 e. The molecule has 3 aliphatic rings. The van der Waals surface area contributed by atoms with Gasteiger partial charge in [-0.3, -0.25) is 4.79 Å². The van der Waals surface area contributed by atoms with Crippen molar-refractivity contribution in [2.45, 2.75) is 62.3 Å². The molecule has 6 nitrogen and oxygen atoms in total. The number of hydrogen-bond acceptors (Lipinski definition) is 3. The van der Waals surface area contributed by atoms with Gasteiger partial charge >= 0.3 is 0 Å². The van der Waals surface area contributed by atoms with Crippen LogP contribution in [0.5, 0.6) is 0 Å². The average Bonchev–Trinajstić information content (AvgIpc) is 3.17. The zero-order valence-electron chi connectivity index (χ0n) is 16.6. The Morgan fingerprint density at radius 3 is 2.50 bits per heavy atom. The number of nitrogens with zero attached hydrogens (tertiary/aromatic N) is 1. The van der Waals surface area contributed by atoms with Gasteiger partial charge in [0.15, 0.2) is 6.54 Å². The van der Waals surface area contributed by atoms with E-state index in [-0.39, 0.29) is 5.91 Å². The summed E-state index contributed by atoms with van der Waals surface area (Å²) < 4.78 is 27.6. The van der Waals surface area contributed by atoms with Crippen molar-refractivity contribution >= 4 is 15.9 Å². The average molecular weight is 407 g/mol. The van der Waals surface area contributed by atoms with E-state index in [4.69, 9.17) is 0 Å². The van der Waals surface area contributed by atoms with Gasteiger partial charge in [-0.25, -0.2) is 8.42 Å². The molecule has 1 aromatic carbocycles. The number of sulfonamides is 1. The standard InChI is InChI=1S/C21H31N3O3S/c25-21(22-19-7-2-1-3-8-19)16-23-11-13-24(14-12-23)28(26,27)20-10-9-17-5-4-6-18(17)15-20/h9-10,15,19H,1-8,11-14,16H2,(H,22,25)/p+1. The SMILES string of the molecule is O=C(C[NH+]1CCN(S(=O)(=O)c2ccc3c(c2)CCC3)CC1)NC1CCCCC1. The second kappa shape index (κ2) is 8.51. The van der Waals surface area contributed by atoms with Crippen LogP contribution in [0, 0.1) is 0 Å². The van der Waals surface area contributed by atoms with Gasteiger partial charge in [0, 0.05) is 6.04 Å². The molecule has 154 valence electrons. The summed E-state index contributed by atoms with van der Waals surface area (Å²) in [6, 6.07) is 5.94. The van der Waals surface area contributed by atoms with Gasteiger partial charge in [0.05, 0.1) is 31.1 Å². The maximum atomic E-state index is 13.0. The van der Waals surface area contributed by atoms with Crippen LogP contribution >= 0.6 is 0 Å². The molecular weight excluding hydrogens is 374 g/mol. The Labute approximate surface area is 168 Å². The number of fused-ring (bicyclic) bond motifs is 1. The van der Waals surface area contributed by atoms with Crippen molar-refractivity contribution in [1.29, 1.82) is 0 Å². The number of rotatable bonds is 5. The van der Waals surface area contributed by atoms with Crippen LogP contribution in [-0.4, -0.2) is 57.4 Å². The van der Waals surface area contributed by atoms with Gasteiger partial charge in [-0.15, -0.1) is 0 Å². The van der Waals surface area contributed by atoms with E-state index in [2.05, 4.69) is 5.32 Å². The summed E-state index contributed by atoms with van der Waals surface area (Å²) >= 11 is 0. The zero-order valence-corrected chi connectivity index (χ0v) is 17.4. The first-order chi connectivity index (χ1) is 13.5. The van der Waals surface area contributed by atoms with E-state index in [1.165, 1.54) is 35.3 Å². The van der Waals surface area contributed by atoms with Gasteiger partial charge in [0.25, 0.3) is 5.91 Å². The lowest BCUT2D eigenvalue weighted by atomic mass is 9.95. The number of carbonyl (C=O) groups is 1. The third kappa shape index (κ3) is 4.42. The van der Waals surface area contributed by atoms with Crippen LogP contribution in [0.2, 0.25) is 0 Å². The van der Waals surface area contributed by atoms with E-state index < -0.39 is 10.0 Å². The predicted octanol–water partition coefficient (Wildman–Crippen LogP) is 0.513. The first-order valence-electron chi connectivity index (χ1n) is 10.8. The van der Waals surface area contributed by atoms with Crippen LogP contribution in [0.15, 0.2) is 23.1 Å². The van der Waals surface area contributed by atoms with Crippen molar-refractivity contribution in [3.63, 3.8) is 0 Å². The van der Waals surface area contributed by atoms with Gasteiger partial charge in [0.2, 0.25) is 10.0 Å². The molecule has 4 rings (SSSR count). The van der Waals surface area contributed by atoms with E-state index >= 15 is 0 Å². The number of quaternary nitrogens is 1. The molecule has 0 spiro atoms. The molecule has 0 aromatic heterocycles. The van der Waals surface area contributed by atoms with Crippen LogP contribution in [-0.2, 0) is 27.7 Å². The molecule has 2 aliphatic carbocycles. The van der Waals surface area contributed by atoms with Crippen LogP contribution in [0.3, 0.4) is 0 Å². The molecule has 1 amide bonds. The fourth-order valence-electron chi connectivity index (χ4n) is 4.83. The van der Waals surface area contributed by atoms with Crippen LogP contribution < -0.4 is 10.2 Å². The molecule has 1 saturated heterocycles. The Morgan fingerprint density at radius 2 is 1.75 bits per heavy atom. The Bertz CT molecular complexity index is 810. The molecule has 2 N–H and O–H groups in total. The lowest BCUT2D eigenvalue weighted by Gasteiger charge is -2.31. The van der Waals surface area contributed by atoms with E-state index in [9.17, 15) is 13.2 Å². The Balaban J connectivity index is 1.30. The fraction of sp³-hybridized carbons (Fsp3) is 0.667. The number of hydrogen-bond donors (Lipinski definition) is 2. The third-order valence-corrected chi connectivity index (χ3v) is 8.41. The first kappa shape index (κ1) is 19.9. The van der Waals surface area contributed by atoms with Crippen LogP contribution in [0.25, 0.3) is 0 Å². The maximum Gasteiger partial charge on any atom is 0.275 e. The second-order valence-corrected chi connectivity index (χ2v) is 10.5. The summed E-state index contributed by atoms with van der Waals surface area (Å²) in [7, 11) is -3.44. The molecule has 2 fully saturated rings. The normalized spacial score (nSPS) is 22.1. The highest BCUT2D eigenvalue weighted by molar-refractivity contribution is 7.89. The van der Waals surface area contributed by atoms with Crippen molar-refractivity contribution in [2.24, 2.45) is 0 Å². The number of piperazine rings is 1. The summed E-state index contributed by atoms with van der Waals surface area (Å²) in [4.78, 5) is 13.9. The highest BCUT2D eigenvalue weighted by Crippen LogP contribution is 2.26. The topological polar surface area (TPSA) is 70.9 Å². The number of aryl methyl sites for hydroxylation is 2. The minimum absolute atomic E-state index is 0.108. The Hall–Kier alpha value is -1.44. The van der Waals surface area contributed by atoms with Gasteiger partial charge in [-0.1, -0.05) is 25.3 Å². The summed E-state index contributed by atoms with van der Waals surface area (Å²) in [5, 5.41) is 3.17. The van der Waals surface area contributed by atoms with Crippen molar-refractivity contribution in [3.8, 4) is 0 Å². The number of benzene rings is 1. The monoisotopic (exact) mass is 406 g/mol. The van der Waals surface area contributed by atoms with Gasteiger partial charge in [-0.2, -0.15) is 4.31 Å². The van der Waals surface area contributed by atoms with Gasteiger partial charge < -0.3 is 10.2 Å². The molecule has 1 aliphatic heterocycles. The first-order valence-corrected chi connectivity index (χ1v) is 12.2. The van der Waals surface area contributed by atoms with E-state index in [0.29, 0.717) is 43.7 Å². The Morgan fingerprint density at radius 1 is 1.04 bits per heavy atom. The molecule has 0 radical (unpaired) electrons. The molecular formula is C21H32N3O3S+. The zero-order chi connectivity index (χ0) is 19.6. The Kier molecular flexibility index (Phi) is 6.04.